The maximum atomic E-state index is 13.8. The van der Waals surface area contributed by atoms with E-state index in [0.29, 0.717) is 6.54 Å². The predicted molar refractivity (Wildman–Crippen MR) is 78.7 cm³/mol. The third-order valence-corrected chi connectivity index (χ3v) is 3.32. The Balaban J connectivity index is 1.82. The molecule has 3 rings (SSSR count). The van der Waals surface area contributed by atoms with Crippen LogP contribution in [0.5, 0.6) is 0 Å². The van der Waals surface area contributed by atoms with E-state index in [0.717, 1.165) is 22.5 Å². The lowest BCUT2D eigenvalue weighted by atomic mass is 10.1. The minimum absolute atomic E-state index is 0.244. The van der Waals surface area contributed by atoms with Gasteiger partial charge in [-0.15, -0.1) is 0 Å². The molecule has 1 heterocycles. The third kappa shape index (κ3) is 2.55. The second-order valence-electron chi connectivity index (χ2n) is 4.63. The van der Waals surface area contributed by atoms with Crippen LogP contribution in [0.25, 0.3) is 10.9 Å². The van der Waals surface area contributed by atoms with E-state index in [-0.39, 0.29) is 11.4 Å². The van der Waals surface area contributed by atoms with Gasteiger partial charge in [0.1, 0.15) is 0 Å². The van der Waals surface area contributed by atoms with Gasteiger partial charge < -0.3 is 10.3 Å². The van der Waals surface area contributed by atoms with E-state index in [4.69, 9.17) is 0 Å². The first-order chi connectivity index (χ1) is 10.1. The molecule has 0 saturated carbocycles. The highest BCUT2D eigenvalue weighted by atomic mass is 19.1. The lowest BCUT2D eigenvalue weighted by molar-refractivity contribution is -0.385. The van der Waals surface area contributed by atoms with Crippen molar-refractivity contribution in [1.29, 1.82) is 0 Å². The summed E-state index contributed by atoms with van der Waals surface area (Å²) in [5.74, 6) is -0.634. The van der Waals surface area contributed by atoms with Crippen LogP contribution in [0.2, 0.25) is 0 Å². The number of hydrogen-bond donors (Lipinski definition) is 2. The zero-order valence-corrected chi connectivity index (χ0v) is 11.0. The van der Waals surface area contributed by atoms with Gasteiger partial charge in [-0.05, 0) is 23.8 Å². The quantitative estimate of drug-likeness (QED) is 0.565. The second kappa shape index (κ2) is 5.24. The number of non-ortho nitro benzene ring substituents is 1. The van der Waals surface area contributed by atoms with Crippen molar-refractivity contribution in [3.8, 4) is 0 Å². The Bertz CT molecular complexity index is 814. The number of H-pyrrole nitrogens is 1. The molecule has 6 heteroatoms. The van der Waals surface area contributed by atoms with Gasteiger partial charge in [-0.25, -0.2) is 4.39 Å². The minimum Gasteiger partial charge on any atom is -0.379 e. The Hall–Kier alpha value is -2.89. The fourth-order valence-corrected chi connectivity index (χ4v) is 2.26. The first-order valence-electron chi connectivity index (χ1n) is 6.38. The smallest absolute Gasteiger partial charge is 0.272 e. The number of rotatable bonds is 4. The Morgan fingerprint density at radius 1 is 1.24 bits per heavy atom. The molecule has 0 radical (unpaired) electrons. The number of nitrogens with zero attached hydrogens (tertiary/aromatic N) is 1. The first-order valence-corrected chi connectivity index (χ1v) is 6.38. The molecule has 2 aromatic carbocycles. The Morgan fingerprint density at radius 2 is 2.10 bits per heavy atom. The lowest BCUT2D eigenvalue weighted by Gasteiger charge is -2.08. The van der Waals surface area contributed by atoms with Crippen molar-refractivity contribution in [2.75, 3.05) is 5.32 Å². The number of aromatic amines is 1. The van der Waals surface area contributed by atoms with E-state index in [9.17, 15) is 14.5 Å². The van der Waals surface area contributed by atoms with Gasteiger partial charge in [-0.3, -0.25) is 10.1 Å². The molecule has 0 fully saturated rings. The number of fused-ring (bicyclic) bond motifs is 1. The topological polar surface area (TPSA) is 71.0 Å². The molecule has 0 atom stereocenters. The fraction of sp³-hybridized carbons (Fsp3) is 0.0667. The molecular formula is C15H12FN3O2. The molecule has 0 spiro atoms. The van der Waals surface area contributed by atoms with Crippen LogP contribution in [0.4, 0.5) is 15.8 Å². The number of nitro benzene ring substituents is 1. The molecule has 5 nitrogen and oxygen atoms in total. The monoisotopic (exact) mass is 285 g/mol. The molecule has 0 unspecified atom stereocenters. The van der Waals surface area contributed by atoms with E-state index < -0.39 is 10.7 Å². The van der Waals surface area contributed by atoms with Crippen LogP contribution in [-0.2, 0) is 6.54 Å². The Labute approximate surface area is 119 Å². The van der Waals surface area contributed by atoms with Gasteiger partial charge in [0.05, 0.1) is 16.7 Å². The van der Waals surface area contributed by atoms with Crippen molar-refractivity contribution in [3.63, 3.8) is 0 Å². The number of benzene rings is 2. The summed E-state index contributed by atoms with van der Waals surface area (Å²) in [5, 5.41) is 14.6. The molecule has 106 valence electrons. The van der Waals surface area contributed by atoms with E-state index in [2.05, 4.69) is 10.3 Å². The summed E-state index contributed by atoms with van der Waals surface area (Å²) in [6.45, 7) is 0.434. The number of aromatic nitrogens is 1. The van der Waals surface area contributed by atoms with Crippen LogP contribution < -0.4 is 5.32 Å². The highest BCUT2D eigenvalue weighted by molar-refractivity contribution is 5.83. The van der Waals surface area contributed by atoms with E-state index in [1.54, 1.807) is 0 Å². The maximum absolute atomic E-state index is 13.8. The highest BCUT2D eigenvalue weighted by Crippen LogP contribution is 2.23. The largest absolute Gasteiger partial charge is 0.379 e. The van der Waals surface area contributed by atoms with Crippen LogP contribution in [-0.4, -0.2) is 9.91 Å². The van der Waals surface area contributed by atoms with Crippen LogP contribution in [0.1, 0.15) is 5.56 Å². The standard InChI is InChI=1S/C15H12FN3O2/c16-13-8-11(19(20)21)4-5-15(13)18-9-10-2-1-3-14-12(10)6-7-17-14/h1-8,17-18H,9H2. The van der Waals surface area contributed by atoms with Gasteiger partial charge in [0.15, 0.2) is 5.82 Å². The Morgan fingerprint density at radius 3 is 2.86 bits per heavy atom. The zero-order chi connectivity index (χ0) is 14.8. The zero-order valence-electron chi connectivity index (χ0n) is 11.0. The molecule has 0 bridgehead atoms. The van der Waals surface area contributed by atoms with Gasteiger partial charge in [-0.1, -0.05) is 12.1 Å². The molecule has 0 amide bonds. The summed E-state index contributed by atoms with van der Waals surface area (Å²) in [5.41, 5.74) is 2.02. The Kier molecular flexibility index (Phi) is 3.27. The molecule has 21 heavy (non-hydrogen) atoms. The lowest BCUT2D eigenvalue weighted by Crippen LogP contribution is -2.02. The van der Waals surface area contributed by atoms with Crippen molar-refractivity contribution >= 4 is 22.3 Å². The van der Waals surface area contributed by atoms with Crippen molar-refractivity contribution in [3.05, 3.63) is 70.2 Å². The molecular weight excluding hydrogens is 273 g/mol. The number of nitrogens with one attached hydrogen (secondary N) is 2. The van der Waals surface area contributed by atoms with Crippen LogP contribution in [0, 0.1) is 15.9 Å². The van der Waals surface area contributed by atoms with Crippen molar-refractivity contribution in [1.82, 2.24) is 4.98 Å². The first kappa shape index (κ1) is 13.1. The van der Waals surface area contributed by atoms with E-state index in [1.807, 2.05) is 30.5 Å². The molecule has 0 saturated heterocycles. The van der Waals surface area contributed by atoms with Crippen molar-refractivity contribution in [2.24, 2.45) is 0 Å². The molecule has 0 aliphatic rings. The molecule has 1 aromatic heterocycles. The summed E-state index contributed by atoms with van der Waals surface area (Å²) >= 11 is 0. The highest BCUT2D eigenvalue weighted by Gasteiger charge is 2.10. The normalized spacial score (nSPS) is 10.7. The SMILES string of the molecule is O=[N+]([O-])c1ccc(NCc2cccc3[nH]ccc23)c(F)c1. The van der Waals surface area contributed by atoms with Crippen LogP contribution >= 0.6 is 0 Å². The van der Waals surface area contributed by atoms with E-state index >= 15 is 0 Å². The number of anilines is 1. The summed E-state index contributed by atoms with van der Waals surface area (Å²) in [7, 11) is 0. The van der Waals surface area contributed by atoms with Gasteiger partial charge in [-0.2, -0.15) is 0 Å². The summed E-state index contributed by atoms with van der Waals surface area (Å²) in [4.78, 5) is 13.1. The fourth-order valence-electron chi connectivity index (χ4n) is 2.26. The molecule has 0 aliphatic heterocycles. The summed E-state index contributed by atoms with van der Waals surface area (Å²) in [6, 6.07) is 11.4. The number of nitro groups is 1. The van der Waals surface area contributed by atoms with Crippen molar-refractivity contribution < 1.29 is 9.31 Å². The average Bonchev–Trinajstić information content (AvgIpc) is 2.94. The van der Waals surface area contributed by atoms with Crippen LogP contribution in [0.15, 0.2) is 48.7 Å². The predicted octanol–water partition coefficient (Wildman–Crippen LogP) is 3.83. The van der Waals surface area contributed by atoms with Gasteiger partial charge in [0.25, 0.3) is 5.69 Å². The van der Waals surface area contributed by atoms with E-state index in [1.165, 1.54) is 12.1 Å². The molecule has 3 aromatic rings. The summed E-state index contributed by atoms with van der Waals surface area (Å²) in [6.07, 6.45) is 1.85. The molecule has 0 aliphatic carbocycles. The van der Waals surface area contributed by atoms with Gasteiger partial charge in [0, 0.05) is 29.7 Å². The molecule has 2 N–H and O–H groups in total. The number of halogens is 1. The van der Waals surface area contributed by atoms with Crippen molar-refractivity contribution in [2.45, 2.75) is 6.54 Å². The third-order valence-electron chi connectivity index (χ3n) is 3.32. The number of hydrogen-bond acceptors (Lipinski definition) is 3. The average molecular weight is 285 g/mol. The van der Waals surface area contributed by atoms with Gasteiger partial charge >= 0.3 is 0 Å². The summed E-state index contributed by atoms with van der Waals surface area (Å²) < 4.78 is 13.8. The minimum atomic E-state index is -0.634. The second-order valence-corrected chi connectivity index (χ2v) is 4.63. The van der Waals surface area contributed by atoms with Gasteiger partial charge in [0.2, 0.25) is 0 Å². The van der Waals surface area contributed by atoms with Crippen LogP contribution in [0.3, 0.4) is 0 Å². The maximum Gasteiger partial charge on any atom is 0.272 e.